The number of nitrogens with one attached hydrogen (secondary N) is 1. The lowest BCUT2D eigenvalue weighted by Crippen LogP contribution is -2.43. The second-order valence-corrected chi connectivity index (χ2v) is 9.00. The Kier molecular flexibility index (Phi) is 3.05. The fraction of sp³-hybridized carbons (Fsp3) is 1.00. The zero-order valence-corrected chi connectivity index (χ0v) is 8.00. The van der Waals surface area contributed by atoms with E-state index in [4.69, 9.17) is 0 Å². The average Bonchev–Trinajstić information content (AvgIpc) is 1.30. The second-order valence-electron chi connectivity index (χ2n) is 2.50. The van der Waals surface area contributed by atoms with Gasteiger partial charge in [0.05, 0.1) is 0 Å². The van der Waals surface area contributed by atoms with Crippen molar-refractivity contribution < 1.29 is 0 Å². The van der Waals surface area contributed by atoms with Crippen molar-refractivity contribution in [3.63, 3.8) is 0 Å². The van der Waals surface area contributed by atoms with Gasteiger partial charge in [0.2, 0.25) is 0 Å². The normalized spacial score (nSPS) is 12.0. The second kappa shape index (κ2) is 2.81. The molecule has 0 aromatic rings. The van der Waals surface area contributed by atoms with Crippen molar-refractivity contribution in [2.24, 2.45) is 0 Å². The van der Waals surface area contributed by atoms with Gasteiger partial charge in [0.1, 0.15) is 17.4 Å². The first-order chi connectivity index (χ1) is 3.06. The molecule has 0 bridgehead atoms. The molecule has 0 saturated carbocycles. The molecule has 7 heavy (non-hydrogen) atoms. The van der Waals surface area contributed by atoms with Crippen LogP contribution in [0.25, 0.3) is 0 Å². The fourth-order valence-corrected chi connectivity index (χ4v) is 5.06. The maximum atomic E-state index is 3.38. The third-order valence-electron chi connectivity index (χ3n) is 0.438. The zero-order chi connectivity index (χ0) is 5.91. The Morgan fingerprint density at radius 1 is 1.43 bits per heavy atom. The van der Waals surface area contributed by atoms with Crippen LogP contribution < -0.4 is 4.65 Å². The average molecular weight is 144 g/mol. The molecule has 0 aliphatic rings. The molecule has 0 rings (SSSR count). The number of rotatable bonds is 2. The van der Waals surface area contributed by atoms with E-state index in [0.717, 1.165) is 9.20 Å². The summed E-state index contributed by atoms with van der Waals surface area (Å²) >= 11 is 0. The number of hydrogen-bond acceptors (Lipinski definition) is 1. The monoisotopic (exact) mass is 144 g/mol. The number of hydrogen-bond donors (Lipinski definition) is 1. The smallest absolute Gasteiger partial charge is 0.109 e. The predicted molar refractivity (Wildman–Crippen MR) is 38.0 cm³/mol. The SMILES string of the molecule is C[Si](C)(C)N[Si][Si]. The van der Waals surface area contributed by atoms with Gasteiger partial charge in [0, 0.05) is 9.76 Å². The molecule has 0 fully saturated rings. The minimum absolute atomic E-state index is 0.726. The van der Waals surface area contributed by atoms with E-state index in [1.807, 2.05) is 0 Å². The van der Waals surface area contributed by atoms with E-state index < -0.39 is 8.24 Å². The van der Waals surface area contributed by atoms with Crippen molar-refractivity contribution in [2.75, 3.05) is 0 Å². The maximum Gasteiger partial charge on any atom is 0.109 e. The van der Waals surface area contributed by atoms with Gasteiger partial charge in [0.25, 0.3) is 0 Å². The van der Waals surface area contributed by atoms with Crippen molar-refractivity contribution in [1.82, 2.24) is 4.65 Å². The van der Waals surface area contributed by atoms with E-state index in [9.17, 15) is 0 Å². The molecule has 0 spiro atoms. The molecule has 5 radical (unpaired) electrons. The summed E-state index contributed by atoms with van der Waals surface area (Å²) in [6.45, 7) is 6.83. The molecule has 0 unspecified atom stereocenters. The summed E-state index contributed by atoms with van der Waals surface area (Å²) in [4.78, 5) is 0. The highest BCUT2D eigenvalue weighted by Gasteiger charge is 2.08. The van der Waals surface area contributed by atoms with Crippen LogP contribution in [0.1, 0.15) is 0 Å². The molecular formula is C3H10NSi3. The molecule has 0 aromatic heterocycles. The summed E-state index contributed by atoms with van der Waals surface area (Å²) in [6.07, 6.45) is 0. The molecule has 1 N–H and O–H groups in total. The van der Waals surface area contributed by atoms with E-state index in [-0.39, 0.29) is 0 Å². The van der Waals surface area contributed by atoms with Gasteiger partial charge in [-0.15, -0.1) is 0 Å². The largest absolute Gasteiger partial charge is 0.364 e. The van der Waals surface area contributed by atoms with Gasteiger partial charge in [-0.3, -0.25) is 0 Å². The minimum Gasteiger partial charge on any atom is -0.364 e. The van der Waals surface area contributed by atoms with Crippen LogP contribution in [0.4, 0.5) is 0 Å². The third-order valence-corrected chi connectivity index (χ3v) is 5.06. The van der Waals surface area contributed by atoms with Crippen LogP contribution >= 0.6 is 0 Å². The molecule has 0 atom stereocenters. The third kappa shape index (κ3) is 6.61. The lowest BCUT2D eigenvalue weighted by molar-refractivity contribution is 1.42. The molecule has 0 aliphatic heterocycles. The van der Waals surface area contributed by atoms with Crippen LogP contribution in [-0.2, 0) is 0 Å². The van der Waals surface area contributed by atoms with Gasteiger partial charge >= 0.3 is 0 Å². The molecule has 0 heterocycles. The van der Waals surface area contributed by atoms with Gasteiger partial charge in [-0.1, -0.05) is 19.6 Å². The Balaban J connectivity index is 3.15. The van der Waals surface area contributed by atoms with E-state index in [1.165, 1.54) is 0 Å². The molecule has 0 aromatic carbocycles. The van der Waals surface area contributed by atoms with Gasteiger partial charge in [0.15, 0.2) is 0 Å². The van der Waals surface area contributed by atoms with E-state index in [0.29, 0.717) is 0 Å². The minimum atomic E-state index is -0.943. The Hall–Kier alpha value is 0.611. The zero-order valence-electron chi connectivity index (χ0n) is 5.00. The first kappa shape index (κ1) is 7.61. The maximum absolute atomic E-state index is 3.38. The summed E-state index contributed by atoms with van der Waals surface area (Å²) in [6, 6.07) is 0. The predicted octanol–water partition coefficient (Wildman–Crippen LogP) is 0.114. The quantitative estimate of drug-likeness (QED) is 0.543. The Bertz CT molecular complexity index is 48.6. The molecule has 4 heteroatoms. The van der Waals surface area contributed by atoms with Crippen molar-refractivity contribution in [2.45, 2.75) is 19.6 Å². The molecule has 39 valence electrons. The lowest BCUT2D eigenvalue weighted by atomic mass is 11.8. The molecular weight excluding hydrogens is 134 g/mol. The van der Waals surface area contributed by atoms with Gasteiger partial charge < -0.3 is 4.65 Å². The van der Waals surface area contributed by atoms with Crippen molar-refractivity contribution in [3.05, 3.63) is 0 Å². The highest BCUT2D eigenvalue weighted by molar-refractivity contribution is 6.95. The summed E-state index contributed by atoms with van der Waals surface area (Å²) < 4.78 is 3.36. The van der Waals surface area contributed by atoms with Crippen LogP contribution in [0.3, 0.4) is 0 Å². The molecule has 0 amide bonds. The summed E-state index contributed by atoms with van der Waals surface area (Å²) in [5, 5.41) is 0. The van der Waals surface area contributed by atoms with Crippen molar-refractivity contribution >= 4 is 27.2 Å². The lowest BCUT2D eigenvalue weighted by Gasteiger charge is -2.14. The van der Waals surface area contributed by atoms with Crippen LogP contribution in [-0.4, -0.2) is 27.2 Å². The fourth-order valence-electron chi connectivity index (χ4n) is 0.188. The Morgan fingerprint density at radius 3 is 1.86 bits per heavy atom. The summed E-state index contributed by atoms with van der Waals surface area (Å²) in [5.41, 5.74) is 0. The van der Waals surface area contributed by atoms with Crippen LogP contribution in [0.15, 0.2) is 0 Å². The highest BCUT2D eigenvalue weighted by Crippen LogP contribution is 1.90. The first-order valence-corrected chi connectivity index (χ1v) is 8.25. The Morgan fingerprint density at radius 2 is 1.86 bits per heavy atom. The molecule has 1 nitrogen and oxygen atoms in total. The molecule has 0 aliphatic carbocycles. The summed E-state index contributed by atoms with van der Waals surface area (Å²) in [5.74, 6) is 0. The van der Waals surface area contributed by atoms with E-state index >= 15 is 0 Å². The van der Waals surface area contributed by atoms with Crippen LogP contribution in [0, 0.1) is 0 Å². The van der Waals surface area contributed by atoms with Crippen LogP contribution in [0.5, 0.6) is 0 Å². The topological polar surface area (TPSA) is 12.0 Å². The van der Waals surface area contributed by atoms with Crippen molar-refractivity contribution in [1.29, 1.82) is 0 Å². The van der Waals surface area contributed by atoms with Crippen molar-refractivity contribution in [3.8, 4) is 0 Å². The highest BCUT2D eigenvalue weighted by atomic mass is 29.1. The molecule has 0 saturated heterocycles. The summed E-state index contributed by atoms with van der Waals surface area (Å²) in [7, 11) is 3.16. The Labute approximate surface area is 52.1 Å². The van der Waals surface area contributed by atoms with Crippen LogP contribution in [0.2, 0.25) is 19.6 Å². The van der Waals surface area contributed by atoms with Gasteiger partial charge in [-0.2, -0.15) is 0 Å². The van der Waals surface area contributed by atoms with E-state index in [1.54, 1.807) is 0 Å². The standard InChI is InChI=1S/C3H10NSi3/c1-7(2,3)4-6-5/h4H,1-3H3. The van der Waals surface area contributed by atoms with Gasteiger partial charge in [-0.25, -0.2) is 0 Å². The van der Waals surface area contributed by atoms with Gasteiger partial charge in [-0.05, 0) is 0 Å². The first-order valence-electron chi connectivity index (χ1n) is 2.25. The van der Waals surface area contributed by atoms with E-state index in [2.05, 4.69) is 34.0 Å².